The third kappa shape index (κ3) is 1.39. The zero-order valence-corrected chi connectivity index (χ0v) is 7.16. The molecular formula is C8H13NO3. The molecule has 2 atom stereocenters. The van der Waals surface area contributed by atoms with Crippen molar-refractivity contribution < 1.29 is 14.3 Å². The normalized spacial score (nSPS) is 32.6. The predicted molar refractivity (Wildman–Crippen MR) is 41.9 cm³/mol. The van der Waals surface area contributed by atoms with Gasteiger partial charge in [-0.1, -0.05) is 0 Å². The molecule has 0 aromatic rings. The third-order valence-corrected chi connectivity index (χ3v) is 2.30. The van der Waals surface area contributed by atoms with Gasteiger partial charge in [-0.25, -0.2) is 4.79 Å². The number of hydrogen-bond donors (Lipinski definition) is 0. The highest BCUT2D eigenvalue weighted by molar-refractivity contribution is 5.67. The third-order valence-electron chi connectivity index (χ3n) is 2.30. The summed E-state index contributed by atoms with van der Waals surface area (Å²) >= 11 is 0. The second-order valence-corrected chi connectivity index (χ2v) is 3.15. The maximum atomic E-state index is 11.2. The maximum Gasteiger partial charge on any atom is 0.409 e. The predicted octanol–water partition coefficient (Wildman–Crippen LogP) is 0.616. The van der Waals surface area contributed by atoms with Gasteiger partial charge in [0, 0.05) is 6.54 Å². The van der Waals surface area contributed by atoms with Gasteiger partial charge >= 0.3 is 6.09 Å². The molecule has 2 aliphatic rings. The van der Waals surface area contributed by atoms with E-state index < -0.39 is 0 Å². The SMILES string of the molecule is CCOC(=O)N1CC[C@@H]2O[C@@H]2C1. The number of likely N-dealkylation sites (tertiary alicyclic amines) is 1. The van der Waals surface area contributed by atoms with Crippen LogP contribution >= 0.6 is 0 Å². The van der Waals surface area contributed by atoms with Gasteiger partial charge in [0.2, 0.25) is 0 Å². The van der Waals surface area contributed by atoms with Crippen molar-refractivity contribution in [2.75, 3.05) is 19.7 Å². The topological polar surface area (TPSA) is 42.1 Å². The number of hydrogen-bond acceptors (Lipinski definition) is 3. The van der Waals surface area contributed by atoms with E-state index in [1.807, 2.05) is 6.92 Å². The first-order valence-corrected chi connectivity index (χ1v) is 4.38. The first kappa shape index (κ1) is 7.86. The van der Waals surface area contributed by atoms with Crippen LogP contribution in [0.3, 0.4) is 0 Å². The number of piperidine rings is 1. The minimum absolute atomic E-state index is 0.202. The molecule has 0 unspecified atom stereocenters. The number of rotatable bonds is 1. The minimum atomic E-state index is -0.202. The number of nitrogens with zero attached hydrogens (tertiary/aromatic N) is 1. The molecule has 12 heavy (non-hydrogen) atoms. The smallest absolute Gasteiger partial charge is 0.409 e. The van der Waals surface area contributed by atoms with Crippen LogP contribution in [0.1, 0.15) is 13.3 Å². The van der Waals surface area contributed by atoms with Crippen molar-refractivity contribution in [2.24, 2.45) is 0 Å². The molecule has 4 heteroatoms. The molecule has 0 saturated carbocycles. The average molecular weight is 171 g/mol. The number of epoxide rings is 1. The van der Waals surface area contributed by atoms with Gasteiger partial charge in [0.1, 0.15) is 6.10 Å². The Labute approximate surface area is 71.4 Å². The highest BCUT2D eigenvalue weighted by Gasteiger charge is 2.44. The minimum Gasteiger partial charge on any atom is -0.450 e. The molecule has 2 rings (SSSR count). The summed E-state index contributed by atoms with van der Waals surface area (Å²) in [5.74, 6) is 0. The molecule has 0 aromatic carbocycles. The molecule has 2 fully saturated rings. The van der Waals surface area contributed by atoms with Crippen molar-refractivity contribution >= 4 is 6.09 Å². The molecule has 0 N–H and O–H groups in total. The van der Waals surface area contributed by atoms with Crippen molar-refractivity contribution in [3.8, 4) is 0 Å². The highest BCUT2D eigenvalue weighted by Crippen LogP contribution is 2.30. The Kier molecular flexibility index (Phi) is 1.92. The van der Waals surface area contributed by atoms with E-state index in [1.54, 1.807) is 4.90 Å². The van der Waals surface area contributed by atoms with Gasteiger partial charge in [0.25, 0.3) is 0 Å². The first-order chi connectivity index (χ1) is 5.81. The van der Waals surface area contributed by atoms with E-state index >= 15 is 0 Å². The maximum absolute atomic E-state index is 11.2. The van der Waals surface area contributed by atoms with E-state index in [-0.39, 0.29) is 6.09 Å². The summed E-state index contributed by atoms with van der Waals surface area (Å²) < 4.78 is 10.2. The van der Waals surface area contributed by atoms with E-state index in [9.17, 15) is 4.79 Å². The molecule has 4 nitrogen and oxygen atoms in total. The Morgan fingerprint density at radius 3 is 3.17 bits per heavy atom. The van der Waals surface area contributed by atoms with Crippen LogP contribution in [0.4, 0.5) is 4.79 Å². The van der Waals surface area contributed by atoms with E-state index in [0.29, 0.717) is 25.4 Å². The standard InChI is InChI=1S/C8H13NO3/c1-2-11-8(10)9-4-3-6-7(5-9)12-6/h6-7H,2-5H2,1H3/t6-,7+/m0/s1. The fraction of sp³-hybridized carbons (Fsp3) is 0.875. The number of amides is 1. The van der Waals surface area contributed by atoms with Gasteiger partial charge in [-0.15, -0.1) is 0 Å². The zero-order valence-electron chi connectivity index (χ0n) is 7.16. The average Bonchev–Trinajstić information content (AvgIpc) is 2.81. The van der Waals surface area contributed by atoms with Crippen molar-refractivity contribution in [1.82, 2.24) is 4.90 Å². The molecule has 0 bridgehead atoms. The quantitative estimate of drug-likeness (QED) is 0.543. The Morgan fingerprint density at radius 2 is 2.50 bits per heavy atom. The molecule has 68 valence electrons. The van der Waals surface area contributed by atoms with Gasteiger partial charge in [-0.2, -0.15) is 0 Å². The fourth-order valence-corrected chi connectivity index (χ4v) is 1.57. The second kappa shape index (κ2) is 2.94. The molecular weight excluding hydrogens is 158 g/mol. The molecule has 2 saturated heterocycles. The fourth-order valence-electron chi connectivity index (χ4n) is 1.57. The van der Waals surface area contributed by atoms with E-state index in [4.69, 9.17) is 9.47 Å². The van der Waals surface area contributed by atoms with Crippen LogP contribution in [0.15, 0.2) is 0 Å². The van der Waals surface area contributed by atoms with Gasteiger partial charge in [-0.05, 0) is 13.3 Å². The summed E-state index contributed by atoms with van der Waals surface area (Å²) in [6.07, 6.45) is 1.48. The summed E-state index contributed by atoms with van der Waals surface area (Å²) in [4.78, 5) is 12.9. The molecule has 0 aliphatic carbocycles. The van der Waals surface area contributed by atoms with E-state index in [2.05, 4.69) is 0 Å². The first-order valence-electron chi connectivity index (χ1n) is 4.38. The van der Waals surface area contributed by atoms with Crippen molar-refractivity contribution in [3.63, 3.8) is 0 Å². The van der Waals surface area contributed by atoms with Crippen LogP contribution in [-0.4, -0.2) is 42.9 Å². The second-order valence-electron chi connectivity index (χ2n) is 3.15. The Morgan fingerprint density at radius 1 is 1.67 bits per heavy atom. The molecule has 0 aromatic heterocycles. The lowest BCUT2D eigenvalue weighted by Gasteiger charge is -2.23. The molecule has 2 heterocycles. The molecule has 2 aliphatic heterocycles. The number of carbonyl (C=O) groups is 1. The Hall–Kier alpha value is -0.770. The zero-order chi connectivity index (χ0) is 8.55. The molecule has 1 amide bonds. The van der Waals surface area contributed by atoms with E-state index in [0.717, 1.165) is 13.0 Å². The monoisotopic (exact) mass is 171 g/mol. The van der Waals surface area contributed by atoms with Crippen LogP contribution in [0.5, 0.6) is 0 Å². The van der Waals surface area contributed by atoms with Gasteiger partial charge < -0.3 is 14.4 Å². The van der Waals surface area contributed by atoms with Crippen LogP contribution in [0.2, 0.25) is 0 Å². The van der Waals surface area contributed by atoms with Crippen molar-refractivity contribution in [2.45, 2.75) is 25.6 Å². The largest absolute Gasteiger partial charge is 0.450 e. The highest BCUT2D eigenvalue weighted by atomic mass is 16.6. The van der Waals surface area contributed by atoms with Crippen LogP contribution < -0.4 is 0 Å². The molecule has 0 radical (unpaired) electrons. The van der Waals surface area contributed by atoms with Crippen molar-refractivity contribution in [3.05, 3.63) is 0 Å². The van der Waals surface area contributed by atoms with Crippen LogP contribution in [0.25, 0.3) is 0 Å². The van der Waals surface area contributed by atoms with E-state index in [1.165, 1.54) is 0 Å². The van der Waals surface area contributed by atoms with Crippen LogP contribution in [0, 0.1) is 0 Å². The van der Waals surface area contributed by atoms with Gasteiger partial charge in [0.15, 0.2) is 0 Å². The van der Waals surface area contributed by atoms with Crippen molar-refractivity contribution in [1.29, 1.82) is 0 Å². The van der Waals surface area contributed by atoms with Gasteiger partial charge in [0.05, 0.1) is 19.3 Å². The lowest BCUT2D eigenvalue weighted by molar-refractivity contribution is 0.103. The molecule has 0 spiro atoms. The summed E-state index contributed by atoms with van der Waals surface area (Å²) in [5, 5.41) is 0. The number of carbonyl (C=O) groups excluding carboxylic acids is 1. The lowest BCUT2D eigenvalue weighted by atomic mass is 10.1. The summed E-state index contributed by atoms with van der Waals surface area (Å²) in [6, 6.07) is 0. The number of fused-ring (bicyclic) bond motifs is 1. The summed E-state index contributed by atoms with van der Waals surface area (Å²) in [7, 11) is 0. The Balaban J connectivity index is 1.83. The Bertz CT molecular complexity index is 195. The summed E-state index contributed by atoms with van der Waals surface area (Å²) in [6.45, 7) is 3.76. The number of ether oxygens (including phenoxy) is 2. The lowest BCUT2D eigenvalue weighted by Crippen LogP contribution is -2.39. The van der Waals surface area contributed by atoms with Gasteiger partial charge in [-0.3, -0.25) is 0 Å². The summed E-state index contributed by atoms with van der Waals surface area (Å²) in [5.41, 5.74) is 0. The van der Waals surface area contributed by atoms with Crippen LogP contribution in [-0.2, 0) is 9.47 Å².